The number of benzene rings is 1. The molecule has 192 valence electrons. The van der Waals surface area contributed by atoms with Crippen LogP contribution >= 0.6 is 0 Å². The summed E-state index contributed by atoms with van der Waals surface area (Å²) in [6.07, 6.45) is 0.471. The standard InChI is InChI=1S/C26H29FN8O2/c1-16(2)28-24(37)15-34-9-11-35(12-10-34)26-19-7-8-23(36)29-20(19)14-21(30-26)25-31-22(32-33-25)13-17-3-5-18(27)6-4-17/h3-8,14,16H,9-13,15H2,1-2H3,(H,28,37)(H,29,36)(H,31,32,33). The summed E-state index contributed by atoms with van der Waals surface area (Å²) in [7, 11) is 0. The monoisotopic (exact) mass is 504 g/mol. The molecule has 5 rings (SSSR count). The van der Waals surface area contributed by atoms with Crippen LogP contribution in [0.4, 0.5) is 10.2 Å². The molecule has 0 bridgehead atoms. The van der Waals surface area contributed by atoms with Crippen molar-refractivity contribution in [3.8, 4) is 17.4 Å². The third-order valence-electron chi connectivity index (χ3n) is 6.20. The molecule has 0 atom stereocenters. The van der Waals surface area contributed by atoms with Gasteiger partial charge in [0.25, 0.3) is 0 Å². The zero-order valence-electron chi connectivity index (χ0n) is 20.8. The van der Waals surface area contributed by atoms with Crippen molar-refractivity contribution in [3.05, 3.63) is 59.7 Å². The fourth-order valence-electron chi connectivity index (χ4n) is 4.44. The maximum absolute atomic E-state index is 13.2. The zero-order chi connectivity index (χ0) is 25.9. The lowest BCUT2D eigenvalue weighted by Gasteiger charge is -2.35. The second kappa shape index (κ2) is 10.5. The minimum Gasteiger partial charge on any atom is -0.493 e. The normalized spacial score (nSPS) is 14.4. The number of aromatic nitrogens is 5. The van der Waals surface area contributed by atoms with Crippen molar-refractivity contribution < 1.29 is 14.3 Å². The molecular formula is C26H29FN8O2. The molecule has 4 heterocycles. The molecule has 1 fully saturated rings. The average molecular weight is 505 g/mol. The first-order chi connectivity index (χ1) is 17.8. The van der Waals surface area contributed by atoms with Crippen LogP contribution in [0.25, 0.3) is 22.4 Å². The van der Waals surface area contributed by atoms with E-state index in [1.165, 1.54) is 12.1 Å². The largest absolute Gasteiger partial charge is 0.493 e. The molecule has 0 radical (unpaired) electrons. The number of hydrogen-bond acceptors (Lipinski definition) is 8. The number of aromatic amines is 1. The van der Waals surface area contributed by atoms with Crippen molar-refractivity contribution in [2.45, 2.75) is 26.3 Å². The number of rotatable bonds is 7. The molecule has 1 aliphatic heterocycles. The van der Waals surface area contributed by atoms with Gasteiger partial charge in [0.05, 0.1) is 12.1 Å². The predicted octanol–water partition coefficient (Wildman–Crippen LogP) is 2.50. The summed E-state index contributed by atoms with van der Waals surface area (Å²) >= 11 is 0. The van der Waals surface area contributed by atoms with Crippen LogP contribution in [0.5, 0.6) is 5.88 Å². The van der Waals surface area contributed by atoms with E-state index in [-0.39, 0.29) is 23.6 Å². The number of fused-ring (bicyclic) bond motifs is 1. The van der Waals surface area contributed by atoms with Crippen LogP contribution in [-0.4, -0.2) is 79.8 Å². The Bertz CT molecular complexity index is 1400. The lowest BCUT2D eigenvalue weighted by atomic mass is 10.1. The van der Waals surface area contributed by atoms with Crippen molar-refractivity contribution in [1.29, 1.82) is 0 Å². The van der Waals surface area contributed by atoms with E-state index in [9.17, 15) is 14.3 Å². The van der Waals surface area contributed by atoms with E-state index in [0.717, 1.165) is 16.8 Å². The van der Waals surface area contributed by atoms with Gasteiger partial charge in [0.15, 0.2) is 5.82 Å². The van der Waals surface area contributed by atoms with Gasteiger partial charge in [-0.3, -0.25) is 9.69 Å². The van der Waals surface area contributed by atoms with Crippen molar-refractivity contribution in [1.82, 2.24) is 35.4 Å². The van der Waals surface area contributed by atoms with Gasteiger partial charge in [-0.25, -0.2) is 14.4 Å². The Morgan fingerprint density at radius 2 is 1.84 bits per heavy atom. The third kappa shape index (κ3) is 5.83. The molecule has 0 spiro atoms. The number of amides is 1. The van der Waals surface area contributed by atoms with Crippen LogP contribution in [0.15, 0.2) is 42.5 Å². The number of carbonyl (C=O) groups is 1. The van der Waals surface area contributed by atoms with E-state index in [4.69, 9.17) is 4.98 Å². The van der Waals surface area contributed by atoms with Crippen LogP contribution in [0.2, 0.25) is 0 Å². The molecule has 4 aromatic rings. The van der Waals surface area contributed by atoms with Crippen molar-refractivity contribution in [3.63, 3.8) is 0 Å². The van der Waals surface area contributed by atoms with Gasteiger partial charge in [-0.05, 0) is 43.7 Å². The van der Waals surface area contributed by atoms with Crippen molar-refractivity contribution in [2.24, 2.45) is 0 Å². The molecule has 1 aliphatic rings. The first-order valence-corrected chi connectivity index (χ1v) is 12.3. The average Bonchev–Trinajstić information content (AvgIpc) is 3.33. The fourth-order valence-corrected chi connectivity index (χ4v) is 4.44. The Hall–Kier alpha value is -4.12. The highest BCUT2D eigenvalue weighted by Crippen LogP contribution is 2.30. The maximum atomic E-state index is 13.2. The highest BCUT2D eigenvalue weighted by molar-refractivity contribution is 5.92. The van der Waals surface area contributed by atoms with Gasteiger partial charge in [-0.15, -0.1) is 10.2 Å². The van der Waals surface area contributed by atoms with E-state index < -0.39 is 0 Å². The Morgan fingerprint density at radius 1 is 1.08 bits per heavy atom. The molecule has 1 saturated heterocycles. The molecule has 1 aromatic carbocycles. The summed E-state index contributed by atoms with van der Waals surface area (Å²) in [5.41, 5.74) is 2.05. The third-order valence-corrected chi connectivity index (χ3v) is 6.20. The molecule has 11 heteroatoms. The number of anilines is 1. The molecule has 3 aromatic heterocycles. The van der Waals surface area contributed by atoms with E-state index >= 15 is 0 Å². The predicted molar refractivity (Wildman–Crippen MR) is 138 cm³/mol. The number of carbonyl (C=O) groups excluding carboxylic acids is 1. The summed E-state index contributed by atoms with van der Waals surface area (Å²) < 4.78 is 13.2. The highest BCUT2D eigenvalue weighted by Gasteiger charge is 2.23. The van der Waals surface area contributed by atoms with E-state index in [0.29, 0.717) is 62.0 Å². The van der Waals surface area contributed by atoms with E-state index in [1.807, 2.05) is 19.9 Å². The quantitative estimate of drug-likeness (QED) is 0.351. The van der Waals surface area contributed by atoms with Crippen LogP contribution in [0, 0.1) is 5.82 Å². The minimum absolute atomic E-state index is 0.0236. The first-order valence-electron chi connectivity index (χ1n) is 12.3. The molecule has 3 N–H and O–H groups in total. The first kappa shape index (κ1) is 24.6. The number of nitrogens with zero attached hydrogens (tertiary/aromatic N) is 6. The van der Waals surface area contributed by atoms with Crippen LogP contribution in [0.3, 0.4) is 0 Å². The van der Waals surface area contributed by atoms with Crippen LogP contribution in [-0.2, 0) is 11.2 Å². The molecule has 0 saturated carbocycles. The molecule has 0 aliphatic carbocycles. The fraction of sp³-hybridized carbons (Fsp3) is 0.346. The van der Waals surface area contributed by atoms with Gasteiger partial charge in [0.1, 0.15) is 23.2 Å². The van der Waals surface area contributed by atoms with Crippen LogP contribution < -0.4 is 10.2 Å². The Morgan fingerprint density at radius 3 is 2.57 bits per heavy atom. The number of pyridine rings is 2. The van der Waals surface area contributed by atoms with Gasteiger partial charge in [-0.1, -0.05) is 12.1 Å². The zero-order valence-corrected chi connectivity index (χ0v) is 20.8. The van der Waals surface area contributed by atoms with Gasteiger partial charge in [0, 0.05) is 50.1 Å². The minimum atomic E-state index is -0.287. The lowest BCUT2D eigenvalue weighted by Crippen LogP contribution is -2.50. The number of nitrogens with one attached hydrogen (secondary N) is 2. The number of aromatic hydroxyl groups is 1. The van der Waals surface area contributed by atoms with Gasteiger partial charge >= 0.3 is 0 Å². The Balaban J connectivity index is 1.38. The summed E-state index contributed by atoms with van der Waals surface area (Å²) in [6.45, 7) is 7.08. The number of hydrogen-bond donors (Lipinski definition) is 3. The molecule has 1 amide bonds. The van der Waals surface area contributed by atoms with Crippen LogP contribution in [0.1, 0.15) is 25.2 Å². The lowest BCUT2D eigenvalue weighted by molar-refractivity contribution is -0.122. The van der Waals surface area contributed by atoms with Gasteiger partial charge in [0.2, 0.25) is 11.8 Å². The highest BCUT2D eigenvalue weighted by atomic mass is 19.1. The molecule has 0 unspecified atom stereocenters. The van der Waals surface area contributed by atoms with Gasteiger partial charge < -0.3 is 20.3 Å². The van der Waals surface area contributed by atoms with Gasteiger partial charge in [-0.2, -0.15) is 0 Å². The maximum Gasteiger partial charge on any atom is 0.234 e. The van der Waals surface area contributed by atoms with Crippen molar-refractivity contribution in [2.75, 3.05) is 37.6 Å². The second-order valence-corrected chi connectivity index (χ2v) is 9.48. The molecule has 10 nitrogen and oxygen atoms in total. The summed E-state index contributed by atoms with van der Waals surface area (Å²) in [4.78, 5) is 28.9. The Kier molecular flexibility index (Phi) is 6.95. The number of piperazine rings is 1. The Labute approximate surface area is 213 Å². The summed E-state index contributed by atoms with van der Waals surface area (Å²) in [5.74, 6) is 1.51. The number of halogens is 1. The molecule has 37 heavy (non-hydrogen) atoms. The van der Waals surface area contributed by atoms with Crippen molar-refractivity contribution >= 4 is 22.6 Å². The second-order valence-electron chi connectivity index (χ2n) is 9.48. The SMILES string of the molecule is CC(C)NC(=O)CN1CCN(c2nc(-c3nnc(Cc4ccc(F)cc4)[nH]3)cc3nc(O)ccc23)CC1. The van der Waals surface area contributed by atoms with E-state index in [2.05, 4.69) is 35.3 Å². The summed E-state index contributed by atoms with van der Waals surface area (Å²) in [6, 6.07) is 11.5. The molecular weight excluding hydrogens is 475 g/mol. The number of H-pyrrole nitrogens is 1. The topological polar surface area (TPSA) is 123 Å². The summed E-state index contributed by atoms with van der Waals surface area (Å²) in [5, 5.41) is 22.3. The smallest absolute Gasteiger partial charge is 0.234 e. The van der Waals surface area contributed by atoms with E-state index in [1.54, 1.807) is 24.3 Å².